The van der Waals surface area contributed by atoms with Gasteiger partial charge in [-0.15, -0.1) is 0 Å². The van der Waals surface area contributed by atoms with E-state index in [9.17, 15) is 9.59 Å². The molecule has 0 aliphatic rings. The van der Waals surface area contributed by atoms with E-state index in [0.717, 1.165) is 22.6 Å². The number of nitrogens with zero attached hydrogens (tertiary/aromatic N) is 1. The minimum absolute atomic E-state index is 0.125. The Kier molecular flexibility index (Phi) is 4.77. The molecule has 0 amide bonds. The van der Waals surface area contributed by atoms with Crippen molar-refractivity contribution in [1.82, 2.24) is 4.98 Å². The summed E-state index contributed by atoms with van der Waals surface area (Å²) in [7, 11) is 0. The lowest BCUT2D eigenvalue weighted by Crippen LogP contribution is -1.81. The molecule has 0 saturated heterocycles. The Bertz CT molecular complexity index is 763. The number of pyridine rings is 1. The molecule has 0 aliphatic carbocycles. The first-order chi connectivity index (χ1) is 10.2. The molecule has 0 aliphatic heterocycles. The van der Waals surface area contributed by atoms with Crippen LogP contribution in [0.15, 0.2) is 60.8 Å². The van der Waals surface area contributed by atoms with E-state index in [4.69, 9.17) is 5.11 Å². The molecule has 0 bridgehead atoms. The number of carbonyl (C=O) groups is 2. The van der Waals surface area contributed by atoms with Gasteiger partial charge in [0.1, 0.15) is 6.29 Å². The van der Waals surface area contributed by atoms with Crippen LogP contribution in [-0.4, -0.2) is 22.7 Å². The second kappa shape index (κ2) is 6.96. The van der Waals surface area contributed by atoms with E-state index in [-0.39, 0.29) is 5.88 Å². The zero-order chi connectivity index (χ0) is 15.1. The molecule has 1 aromatic heterocycles. The van der Waals surface area contributed by atoms with Gasteiger partial charge in [0, 0.05) is 23.4 Å². The van der Waals surface area contributed by atoms with Crippen molar-refractivity contribution in [3.63, 3.8) is 0 Å². The van der Waals surface area contributed by atoms with E-state index in [1.54, 1.807) is 0 Å². The Balaban J connectivity index is 0.000000161. The van der Waals surface area contributed by atoms with E-state index in [2.05, 4.69) is 4.98 Å². The van der Waals surface area contributed by atoms with E-state index in [1.807, 2.05) is 42.5 Å². The lowest BCUT2D eigenvalue weighted by molar-refractivity contribution is 0.111. The van der Waals surface area contributed by atoms with Crippen molar-refractivity contribution in [2.45, 2.75) is 0 Å². The van der Waals surface area contributed by atoms with Crippen molar-refractivity contribution < 1.29 is 14.7 Å². The van der Waals surface area contributed by atoms with E-state index in [0.29, 0.717) is 11.8 Å². The molecule has 21 heavy (non-hydrogen) atoms. The number of hydrogen-bond acceptors (Lipinski definition) is 4. The average Bonchev–Trinajstić information content (AvgIpc) is 2.55. The molecule has 0 fully saturated rings. The molecule has 0 spiro atoms. The third-order valence-corrected chi connectivity index (χ3v) is 2.86. The van der Waals surface area contributed by atoms with Crippen LogP contribution in [-0.2, 0) is 0 Å². The third-order valence-electron chi connectivity index (χ3n) is 2.86. The minimum atomic E-state index is -0.125. The molecule has 4 heteroatoms. The molecular weight excluding hydrogens is 266 g/mol. The Morgan fingerprint density at radius 3 is 2.33 bits per heavy atom. The number of carbonyl (C=O) groups excluding carboxylic acids is 2. The Morgan fingerprint density at radius 2 is 1.67 bits per heavy atom. The topological polar surface area (TPSA) is 67.3 Å². The van der Waals surface area contributed by atoms with Crippen molar-refractivity contribution in [2.75, 3.05) is 0 Å². The van der Waals surface area contributed by atoms with Gasteiger partial charge in [-0.3, -0.25) is 9.59 Å². The second-order valence-corrected chi connectivity index (χ2v) is 4.25. The van der Waals surface area contributed by atoms with Crippen LogP contribution >= 0.6 is 0 Å². The molecule has 0 unspecified atom stereocenters. The zero-order valence-corrected chi connectivity index (χ0v) is 11.1. The number of fused-ring (bicyclic) bond motifs is 1. The molecule has 0 radical (unpaired) electrons. The van der Waals surface area contributed by atoms with Gasteiger partial charge in [-0.05, 0) is 16.8 Å². The minimum Gasteiger partial charge on any atom is -0.493 e. The van der Waals surface area contributed by atoms with Crippen molar-refractivity contribution >= 4 is 23.3 Å². The van der Waals surface area contributed by atoms with Crippen molar-refractivity contribution in [1.29, 1.82) is 0 Å². The number of aromatic hydroxyl groups is 1. The summed E-state index contributed by atoms with van der Waals surface area (Å²) in [5.41, 5.74) is 1.19. The van der Waals surface area contributed by atoms with E-state index >= 15 is 0 Å². The van der Waals surface area contributed by atoms with Crippen LogP contribution in [0.1, 0.15) is 20.7 Å². The SMILES string of the molecule is O=Cc1cccc2ccccc12.O=Cc1ccnc(O)c1. The summed E-state index contributed by atoms with van der Waals surface area (Å²) in [5.74, 6) is -0.125. The van der Waals surface area contributed by atoms with Crippen LogP contribution in [0.5, 0.6) is 5.88 Å². The van der Waals surface area contributed by atoms with Gasteiger partial charge >= 0.3 is 0 Å². The van der Waals surface area contributed by atoms with E-state index < -0.39 is 0 Å². The summed E-state index contributed by atoms with van der Waals surface area (Å²) in [6.45, 7) is 0. The number of benzene rings is 2. The summed E-state index contributed by atoms with van der Waals surface area (Å²) in [6, 6.07) is 16.4. The molecule has 1 N–H and O–H groups in total. The van der Waals surface area contributed by atoms with Gasteiger partial charge in [-0.1, -0.05) is 42.5 Å². The summed E-state index contributed by atoms with van der Waals surface area (Å²) in [4.78, 5) is 24.1. The maximum absolute atomic E-state index is 10.6. The maximum Gasteiger partial charge on any atom is 0.211 e. The predicted molar refractivity (Wildman–Crippen MR) is 80.6 cm³/mol. The molecule has 4 nitrogen and oxygen atoms in total. The molecule has 1 heterocycles. The van der Waals surface area contributed by atoms with Gasteiger partial charge in [0.05, 0.1) is 0 Å². The Hall–Kier alpha value is -3.01. The molecule has 2 aromatic carbocycles. The van der Waals surface area contributed by atoms with Gasteiger partial charge in [0.2, 0.25) is 5.88 Å². The average molecular weight is 279 g/mol. The highest BCUT2D eigenvalue weighted by Gasteiger charge is 1.96. The number of hydrogen-bond donors (Lipinski definition) is 1. The monoisotopic (exact) mass is 279 g/mol. The molecule has 104 valence electrons. The fraction of sp³-hybridized carbons (Fsp3) is 0. The van der Waals surface area contributed by atoms with Gasteiger partial charge < -0.3 is 5.11 Å². The first-order valence-electron chi connectivity index (χ1n) is 6.27. The molecular formula is C17H13NO3. The quantitative estimate of drug-likeness (QED) is 0.731. The first-order valence-corrected chi connectivity index (χ1v) is 6.27. The lowest BCUT2D eigenvalue weighted by atomic mass is 10.1. The lowest BCUT2D eigenvalue weighted by Gasteiger charge is -1.98. The smallest absolute Gasteiger partial charge is 0.211 e. The fourth-order valence-corrected chi connectivity index (χ4v) is 1.86. The maximum atomic E-state index is 10.6. The highest BCUT2D eigenvalue weighted by atomic mass is 16.3. The van der Waals surface area contributed by atoms with Crippen LogP contribution in [0.25, 0.3) is 10.8 Å². The zero-order valence-electron chi connectivity index (χ0n) is 11.1. The Morgan fingerprint density at radius 1 is 0.905 bits per heavy atom. The van der Waals surface area contributed by atoms with Gasteiger partial charge in [-0.25, -0.2) is 4.98 Å². The van der Waals surface area contributed by atoms with Crippen LogP contribution < -0.4 is 0 Å². The van der Waals surface area contributed by atoms with Gasteiger partial charge in [0.15, 0.2) is 6.29 Å². The first kappa shape index (κ1) is 14.4. The van der Waals surface area contributed by atoms with Crippen LogP contribution in [0.2, 0.25) is 0 Å². The Labute approximate surface area is 121 Å². The predicted octanol–water partition coefficient (Wildman–Crippen LogP) is 3.25. The van der Waals surface area contributed by atoms with Crippen molar-refractivity contribution in [3.8, 4) is 5.88 Å². The summed E-state index contributed by atoms with van der Waals surface area (Å²) < 4.78 is 0. The summed E-state index contributed by atoms with van der Waals surface area (Å²) in [5, 5.41) is 10.8. The fourth-order valence-electron chi connectivity index (χ4n) is 1.86. The van der Waals surface area contributed by atoms with Crippen LogP contribution in [0.4, 0.5) is 0 Å². The normalized spacial score (nSPS) is 9.52. The molecule has 0 saturated carbocycles. The van der Waals surface area contributed by atoms with Crippen molar-refractivity contribution in [2.24, 2.45) is 0 Å². The highest BCUT2D eigenvalue weighted by molar-refractivity contribution is 5.97. The standard InChI is InChI=1S/C11H8O.C6H5NO2/c12-8-10-6-3-5-9-4-1-2-7-11(9)10;8-4-5-1-2-7-6(9)3-5/h1-8H;1-4H,(H,7,9). The summed E-state index contributed by atoms with van der Waals surface area (Å²) in [6.07, 6.45) is 2.92. The molecule has 0 atom stereocenters. The van der Waals surface area contributed by atoms with Gasteiger partial charge in [0.25, 0.3) is 0 Å². The van der Waals surface area contributed by atoms with Crippen molar-refractivity contribution in [3.05, 3.63) is 71.9 Å². The molecule has 3 aromatic rings. The number of aromatic nitrogens is 1. The number of rotatable bonds is 2. The summed E-state index contributed by atoms with van der Waals surface area (Å²) >= 11 is 0. The number of aldehydes is 2. The molecule has 3 rings (SSSR count). The third kappa shape index (κ3) is 3.73. The van der Waals surface area contributed by atoms with E-state index in [1.165, 1.54) is 18.3 Å². The van der Waals surface area contributed by atoms with Crippen LogP contribution in [0.3, 0.4) is 0 Å². The van der Waals surface area contributed by atoms with Crippen LogP contribution in [0, 0.1) is 0 Å². The van der Waals surface area contributed by atoms with Gasteiger partial charge in [-0.2, -0.15) is 0 Å². The highest BCUT2D eigenvalue weighted by Crippen LogP contribution is 2.16. The second-order valence-electron chi connectivity index (χ2n) is 4.25. The largest absolute Gasteiger partial charge is 0.493 e.